The maximum Gasteiger partial charge on any atom is 0.251 e. The van der Waals surface area contributed by atoms with E-state index in [4.69, 9.17) is 11.6 Å². The van der Waals surface area contributed by atoms with Crippen LogP contribution in [0.1, 0.15) is 34.5 Å². The van der Waals surface area contributed by atoms with Crippen molar-refractivity contribution in [3.8, 4) is 0 Å². The Morgan fingerprint density at radius 1 is 1.19 bits per heavy atom. The van der Waals surface area contributed by atoms with Gasteiger partial charge in [-0.15, -0.1) is 11.6 Å². The van der Waals surface area contributed by atoms with Crippen molar-refractivity contribution < 1.29 is 13.6 Å². The van der Waals surface area contributed by atoms with Gasteiger partial charge in [-0.3, -0.25) is 4.79 Å². The summed E-state index contributed by atoms with van der Waals surface area (Å²) in [7, 11) is 0. The molecular formula is C16H14ClF2NO. The van der Waals surface area contributed by atoms with Crippen molar-refractivity contribution in [3.63, 3.8) is 0 Å². The van der Waals surface area contributed by atoms with Crippen molar-refractivity contribution in [2.75, 3.05) is 0 Å². The molecule has 2 aromatic carbocycles. The lowest BCUT2D eigenvalue weighted by atomic mass is 10.1. The van der Waals surface area contributed by atoms with Crippen LogP contribution in [0, 0.1) is 11.6 Å². The first kappa shape index (κ1) is 15.4. The first-order chi connectivity index (χ1) is 10.0. The van der Waals surface area contributed by atoms with Gasteiger partial charge in [-0.2, -0.15) is 0 Å². The molecule has 110 valence electrons. The molecule has 5 heteroatoms. The summed E-state index contributed by atoms with van der Waals surface area (Å²) in [6, 6.07) is 10.1. The lowest BCUT2D eigenvalue weighted by Crippen LogP contribution is -2.26. The number of alkyl halides is 1. The number of rotatable bonds is 4. The molecule has 1 unspecified atom stereocenters. The highest BCUT2D eigenvalue weighted by atomic mass is 35.5. The fourth-order valence-corrected chi connectivity index (χ4v) is 2.11. The van der Waals surface area contributed by atoms with Crippen molar-refractivity contribution in [2.45, 2.75) is 18.8 Å². The molecule has 0 spiro atoms. The van der Waals surface area contributed by atoms with E-state index in [0.29, 0.717) is 17.0 Å². The average Bonchev–Trinajstić information content (AvgIpc) is 2.49. The van der Waals surface area contributed by atoms with Crippen molar-refractivity contribution in [1.82, 2.24) is 5.32 Å². The Hall–Kier alpha value is -1.94. The molecule has 0 aromatic heterocycles. The van der Waals surface area contributed by atoms with Gasteiger partial charge in [0.25, 0.3) is 5.91 Å². The minimum atomic E-state index is -0.933. The maximum absolute atomic E-state index is 13.2. The molecule has 0 radical (unpaired) electrons. The average molecular weight is 310 g/mol. The van der Waals surface area contributed by atoms with Crippen LogP contribution < -0.4 is 5.32 Å². The summed E-state index contributed by atoms with van der Waals surface area (Å²) in [5.74, 6) is -1.82. The molecule has 0 saturated heterocycles. The van der Waals surface area contributed by atoms with Crippen LogP contribution in [0.15, 0.2) is 42.5 Å². The summed E-state index contributed by atoms with van der Waals surface area (Å²) in [6.45, 7) is 1.70. The van der Waals surface area contributed by atoms with Crippen molar-refractivity contribution in [1.29, 1.82) is 0 Å². The molecular weight excluding hydrogens is 296 g/mol. The lowest BCUT2D eigenvalue weighted by Gasteiger charge is -2.15. The van der Waals surface area contributed by atoms with E-state index in [-0.39, 0.29) is 5.91 Å². The third kappa shape index (κ3) is 3.79. The van der Waals surface area contributed by atoms with Crippen LogP contribution in [0.5, 0.6) is 0 Å². The molecule has 1 N–H and O–H groups in total. The van der Waals surface area contributed by atoms with Crippen LogP contribution >= 0.6 is 11.6 Å². The second-order valence-electron chi connectivity index (χ2n) is 4.70. The predicted octanol–water partition coefficient (Wildman–Crippen LogP) is 4.19. The number of hydrogen-bond donors (Lipinski definition) is 1. The zero-order valence-electron chi connectivity index (χ0n) is 11.4. The minimum absolute atomic E-state index is 0.292. The van der Waals surface area contributed by atoms with Crippen LogP contribution in [0.4, 0.5) is 8.78 Å². The highest BCUT2D eigenvalue weighted by Crippen LogP contribution is 2.17. The summed E-state index contributed by atoms with van der Waals surface area (Å²) < 4.78 is 26.1. The van der Waals surface area contributed by atoms with Gasteiger partial charge < -0.3 is 5.32 Å². The van der Waals surface area contributed by atoms with Gasteiger partial charge in [-0.25, -0.2) is 8.78 Å². The SMILES string of the molecule is CC(NC(=O)c1cccc(CCl)c1)c1ccc(F)c(F)c1. The molecule has 0 bridgehead atoms. The van der Waals surface area contributed by atoms with Gasteiger partial charge in [0.05, 0.1) is 6.04 Å². The van der Waals surface area contributed by atoms with Gasteiger partial charge in [-0.1, -0.05) is 18.2 Å². The summed E-state index contributed by atoms with van der Waals surface area (Å²) in [5.41, 5.74) is 1.81. The quantitative estimate of drug-likeness (QED) is 0.843. The Labute approximate surface area is 126 Å². The Kier molecular flexibility index (Phi) is 4.91. The maximum atomic E-state index is 13.2. The zero-order valence-corrected chi connectivity index (χ0v) is 12.1. The van der Waals surface area contributed by atoms with E-state index in [9.17, 15) is 13.6 Å². The van der Waals surface area contributed by atoms with E-state index in [1.165, 1.54) is 6.07 Å². The van der Waals surface area contributed by atoms with Crippen LogP contribution in [0.25, 0.3) is 0 Å². The molecule has 0 aliphatic heterocycles. The first-order valence-corrected chi connectivity index (χ1v) is 6.95. The summed E-state index contributed by atoms with van der Waals surface area (Å²) in [5, 5.41) is 2.74. The van der Waals surface area contributed by atoms with Crippen LogP contribution in [0.3, 0.4) is 0 Å². The number of halogens is 3. The summed E-state index contributed by atoms with van der Waals surface area (Å²) >= 11 is 5.73. The Bertz CT molecular complexity index is 660. The third-order valence-corrected chi connectivity index (χ3v) is 3.44. The molecule has 21 heavy (non-hydrogen) atoms. The molecule has 2 aromatic rings. The first-order valence-electron chi connectivity index (χ1n) is 6.42. The second-order valence-corrected chi connectivity index (χ2v) is 4.97. The van der Waals surface area contributed by atoms with Gasteiger partial charge >= 0.3 is 0 Å². The molecule has 0 heterocycles. The number of carbonyl (C=O) groups is 1. The van der Waals surface area contributed by atoms with E-state index >= 15 is 0 Å². The standard InChI is InChI=1S/C16H14ClF2NO/c1-10(12-5-6-14(18)15(19)8-12)20-16(21)13-4-2-3-11(7-13)9-17/h2-8,10H,9H2,1H3,(H,20,21). The summed E-state index contributed by atoms with van der Waals surface area (Å²) in [6.07, 6.45) is 0. The van der Waals surface area contributed by atoms with Crippen LogP contribution in [0.2, 0.25) is 0 Å². The van der Waals surface area contributed by atoms with E-state index < -0.39 is 17.7 Å². The smallest absolute Gasteiger partial charge is 0.251 e. The van der Waals surface area contributed by atoms with Gasteiger partial charge in [-0.05, 0) is 42.3 Å². The molecule has 2 nitrogen and oxygen atoms in total. The van der Waals surface area contributed by atoms with Crippen molar-refractivity contribution in [3.05, 3.63) is 70.8 Å². The number of carbonyl (C=O) groups excluding carboxylic acids is 1. The van der Waals surface area contributed by atoms with Gasteiger partial charge in [0.2, 0.25) is 0 Å². The molecule has 0 saturated carbocycles. The lowest BCUT2D eigenvalue weighted by molar-refractivity contribution is 0.0939. The molecule has 2 rings (SSSR count). The van der Waals surface area contributed by atoms with Crippen molar-refractivity contribution in [2.24, 2.45) is 0 Å². The second kappa shape index (κ2) is 6.68. The molecule has 0 fully saturated rings. The summed E-state index contributed by atoms with van der Waals surface area (Å²) in [4.78, 5) is 12.1. The third-order valence-electron chi connectivity index (χ3n) is 3.13. The van der Waals surface area contributed by atoms with E-state index in [1.807, 2.05) is 6.07 Å². The minimum Gasteiger partial charge on any atom is -0.346 e. The monoisotopic (exact) mass is 309 g/mol. The van der Waals surface area contributed by atoms with Crippen LogP contribution in [-0.2, 0) is 5.88 Å². The van der Waals surface area contributed by atoms with Gasteiger partial charge in [0.15, 0.2) is 11.6 Å². The van der Waals surface area contributed by atoms with E-state index in [1.54, 1.807) is 25.1 Å². The zero-order chi connectivity index (χ0) is 15.4. The normalized spacial score (nSPS) is 12.0. The predicted molar refractivity (Wildman–Crippen MR) is 78.2 cm³/mol. The molecule has 1 amide bonds. The Morgan fingerprint density at radius 3 is 2.62 bits per heavy atom. The van der Waals surface area contributed by atoms with E-state index in [2.05, 4.69) is 5.32 Å². The number of benzene rings is 2. The highest BCUT2D eigenvalue weighted by molar-refractivity contribution is 6.17. The van der Waals surface area contributed by atoms with Gasteiger partial charge in [0.1, 0.15) is 0 Å². The number of amides is 1. The van der Waals surface area contributed by atoms with Gasteiger partial charge in [0, 0.05) is 11.4 Å². The largest absolute Gasteiger partial charge is 0.346 e. The van der Waals surface area contributed by atoms with E-state index in [0.717, 1.165) is 17.7 Å². The fourth-order valence-electron chi connectivity index (χ4n) is 1.94. The molecule has 0 aliphatic carbocycles. The Balaban J connectivity index is 2.12. The van der Waals surface area contributed by atoms with Crippen LogP contribution in [-0.4, -0.2) is 5.91 Å². The fraction of sp³-hybridized carbons (Fsp3) is 0.188. The highest BCUT2D eigenvalue weighted by Gasteiger charge is 2.13. The molecule has 1 atom stereocenters. The topological polar surface area (TPSA) is 29.1 Å². The van der Waals surface area contributed by atoms with Crippen molar-refractivity contribution >= 4 is 17.5 Å². The Morgan fingerprint density at radius 2 is 1.95 bits per heavy atom. The number of hydrogen-bond acceptors (Lipinski definition) is 1. The molecule has 0 aliphatic rings. The number of nitrogens with one attached hydrogen (secondary N) is 1.